The van der Waals surface area contributed by atoms with Crippen LogP contribution < -0.4 is 5.32 Å². The summed E-state index contributed by atoms with van der Waals surface area (Å²) in [6.45, 7) is 0. The molecule has 1 aliphatic rings. The lowest BCUT2D eigenvalue weighted by Gasteiger charge is -2.08. The van der Waals surface area contributed by atoms with Gasteiger partial charge in [-0.3, -0.25) is 9.36 Å². The minimum Gasteiger partial charge on any atom is -0.322 e. The van der Waals surface area contributed by atoms with Gasteiger partial charge in [0.05, 0.1) is 22.9 Å². The predicted octanol–water partition coefficient (Wildman–Crippen LogP) is 3.65. The average molecular weight is 518 g/mol. The van der Waals surface area contributed by atoms with Gasteiger partial charge in [0, 0.05) is 55.9 Å². The number of carbonyl (C=O) groups excluding carboxylic acids is 1. The molecule has 0 atom stereocenters. The van der Waals surface area contributed by atoms with E-state index in [9.17, 15) is 4.79 Å². The second-order valence-electron chi connectivity index (χ2n) is 6.60. The van der Waals surface area contributed by atoms with E-state index in [4.69, 9.17) is 0 Å². The fraction of sp³-hybridized carbons (Fsp3) is 0. The van der Waals surface area contributed by atoms with Crippen LogP contribution in [-0.2, 0) is 0 Å². The molecule has 1 N–H and O–H groups in total. The lowest BCUT2D eigenvalue weighted by molar-refractivity contribution is 0.102. The summed E-state index contributed by atoms with van der Waals surface area (Å²) in [5.41, 5.74) is 3.74. The molecule has 0 spiro atoms. The first-order valence-corrected chi connectivity index (χ1v) is 11.6. The summed E-state index contributed by atoms with van der Waals surface area (Å²) >= 11 is -0.344. The van der Waals surface area contributed by atoms with Crippen LogP contribution in [-0.4, -0.2) is 35.4 Å². The van der Waals surface area contributed by atoms with E-state index in [1.54, 1.807) is 37.1 Å². The summed E-state index contributed by atoms with van der Waals surface area (Å²) in [4.78, 5) is 21.2. The van der Waals surface area contributed by atoms with E-state index in [-0.39, 0.29) is 26.9 Å². The lowest BCUT2D eigenvalue weighted by Crippen LogP contribution is -2.12. The minimum atomic E-state index is -0.344. The summed E-state index contributed by atoms with van der Waals surface area (Å²) in [7, 11) is 0. The van der Waals surface area contributed by atoms with Crippen molar-refractivity contribution in [1.82, 2.24) is 19.1 Å². The van der Waals surface area contributed by atoms with Crippen LogP contribution in [0.2, 0.25) is 0 Å². The number of amides is 1. The largest absolute Gasteiger partial charge is 0.322 e. The highest BCUT2D eigenvalue weighted by molar-refractivity contribution is 14.2. The molecule has 31 heavy (non-hydrogen) atoms. The first-order valence-electron chi connectivity index (χ1n) is 9.35. The van der Waals surface area contributed by atoms with Gasteiger partial charge in [-0.25, -0.2) is 13.2 Å². The van der Waals surface area contributed by atoms with E-state index in [0.717, 1.165) is 22.8 Å². The highest BCUT2D eigenvalue weighted by Crippen LogP contribution is 2.16. The Bertz CT molecular complexity index is 1390. The highest BCUT2D eigenvalue weighted by atomic mass is 127. The van der Waals surface area contributed by atoms with Crippen LogP contribution in [0.4, 0.5) is 5.69 Å². The van der Waals surface area contributed by atoms with Gasteiger partial charge in [0.1, 0.15) is 5.69 Å². The molecule has 0 saturated heterocycles. The van der Waals surface area contributed by atoms with Crippen molar-refractivity contribution in [3.63, 3.8) is 0 Å². The number of hydrogen-bond donors (Lipinski definition) is 1. The van der Waals surface area contributed by atoms with Crippen LogP contribution in [0.25, 0.3) is 5.69 Å². The number of carbonyl (C=O) groups is 1. The smallest absolute Gasteiger partial charge is 0.255 e. The van der Waals surface area contributed by atoms with Crippen molar-refractivity contribution in [3.8, 4) is 17.5 Å². The van der Waals surface area contributed by atoms with Crippen molar-refractivity contribution >= 4 is 42.9 Å². The molecule has 5 rings (SSSR count). The fourth-order valence-electron chi connectivity index (χ4n) is 3.04. The van der Waals surface area contributed by atoms with E-state index >= 15 is 0 Å². The van der Waals surface area contributed by atoms with E-state index in [0.29, 0.717) is 11.3 Å². The standard InChI is InChI=1S/C23H15IN6O/c31-23(28-19-5-2-6-20(12-19)29-10-9-25-16-29)18-4-1-3-17(11-18)7-8-21-13-26-22-14-27-24-15-30(21)22/h1-6,9-16H,(H,28,31). The Morgan fingerprint density at radius 3 is 2.94 bits per heavy atom. The normalized spacial score (nSPS) is 11.7. The van der Waals surface area contributed by atoms with Crippen LogP contribution in [0.15, 0.2) is 76.7 Å². The zero-order valence-electron chi connectivity index (χ0n) is 16.1. The molecule has 4 aromatic rings. The summed E-state index contributed by atoms with van der Waals surface area (Å²) in [6.07, 6.45) is 8.81. The number of fused-ring (bicyclic) bond motifs is 1. The third-order valence-electron chi connectivity index (χ3n) is 4.55. The summed E-state index contributed by atoms with van der Waals surface area (Å²) in [5, 5.41) is 2.95. The van der Waals surface area contributed by atoms with Crippen molar-refractivity contribution in [2.24, 2.45) is 3.21 Å². The quantitative estimate of drug-likeness (QED) is 0.333. The van der Waals surface area contributed by atoms with Gasteiger partial charge in [0.25, 0.3) is 5.91 Å². The van der Waals surface area contributed by atoms with Gasteiger partial charge in [-0.05, 0) is 42.3 Å². The number of aromatic nitrogens is 4. The molecule has 2 aromatic carbocycles. The molecule has 0 saturated carbocycles. The summed E-state index contributed by atoms with van der Waals surface area (Å²) < 4.78 is 10.2. The van der Waals surface area contributed by atoms with Crippen LogP contribution >= 0.6 is 21.0 Å². The molecular formula is C23H15IN6O. The van der Waals surface area contributed by atoms with Gasteiger partial charge in [-0.1, -0.05) is 18.1 Å². The maximum atomic E-state index is 12.8. The number of hydrogen-bond acceptors (Lipinski definition) is 4. The number of anilines is 1. The molecule has 0 aliphatic carbocycles. The Balaban J connectivity index is 1.35. The molecular weight excluding hydrogens is 503 g/mol. The Labute approximate surface area is 188 Å². The van der Waals surface area contributed by atoms with E-state index < -0.39 is 0 Å². The molecule has 7 nitrogen and oxygen atoms in total. The third-order valence-corrected chi connectivity index (χ3v) is 5.96. The number of nitrogens with one attached hydrogen (secondary N) is 1. The van der Waals surface area contributed by atoms with Gasteiger partial charge in [-0.15, -0.1) is 0 Å². The molecule has 1 aliphatic heterocycles. The second-order valence-corrected chi connectivity index (χ2v) is 8.27. The topological polar surface area (TPSA) is 77.1 Å². The first-order chi connectivity index (χ1) is 15.3. The average Bonchev–Trinajstić information content (AvgIpc) is 3.49. The Kier molecular flexibility index (Phi) is 5.24. The summed E-state index contributed by atoms with van der Waals surface area (Å²) in [6, 6.07) is 14.9. The van der Waals surface area contributed by atoms with E-state index in [1.807, 2.05) is 55.9 Å². The third kappa shape index (κ3) is 4.22. The maximum absolute atomic E-state index is 12.8. The van der Waals surface area contributed by atoms with Gasteiger partial charge in [0.15, 0.2) is 5.82 Å². The number of imidazole rings is 2. The lowest BCUT2D eigenvalue weighted by atomic mass is 10.1. The first kappa shape index (κ1) is 19.1. The van der Waals surface area contributed by atoms with Crippen molar-refractivity contribution in [2.45, 2.75) is 0 Å². The van der Waals surface area contributed by atoms with Gasteiger partial charge in [-0.2, -0.15) is 0 Å². The van der Waals surface area contributed by atoms with Crippen LogP contribution in [0.3, 0.4) is 0 Å². The monoisotopic (exact) mass is 518 g/mol. The summed E-state index contributed by atoms with van der Waals surface area (Å²) in [5.74, 6) is 6.87. The van der Waals surface area contributed by atoms with Gasteiger partial charge in [0.2, 0.25) is 0 Å². The molecule has 8 heteroatoms. The molecule has 1 amide bonds. The Morgan fingerprint density at radius 1 is 1.10 bits per heavy atom. The molecule has 0 unspecified atom stereocenters. The van der Waals surface area contributed by atoms with Crippen molar-refractivity contribution in [1.29, 1.82) is 0 Å². The predicted molar refractivity (Wildman–Crippen MR) is 129 cm³/mol. The molecule has 0 bridgehead atoms. The van der Waals surface area contributed by atoms with Crippen molar-refractivity contribution < 1.29 is 4.79 Å². The highest BCUT2D eigenvalue weighted by Gasteiger charge is 2.08. The number of nitrogens with zero attached hydrogens (tertiary/aromatic N) is 5. The molecule has 0 fully saturated rings. The van der Waals surface area contributed by atoms with Gasteiger partial charge >= 0.3 is 0 Å². The second kappa shape index (κ2) is 8.49. The van der Waals surface area contributed by atoms with Crippen LogP contribution in [0.1, 0.15) is 27.4 Å². The molecule has 3 heterocycles. The molecule has 150 valence electrons. The zero-order chi connectivity index (χ0) is 21.0. The fourth-order valence-corrected chi connectivity index (χ4v) is 4.43. The SMILES string of the molecule is O=C(Nc1cccc(-n2ccnc2)c1)c1cccc(C#Cc2cnc3n2C=IN=C3)c1. The minimum absolute atomic E-state index is 0.192. The van der Waals surface area contributed by atoms with E-state index in [1.165, 1.54) is 0 Å². The Morgan fingerprint density at radius 2 is 2.03 bits per heavy atom. The molecule has 0 radical (unpaired) electrons. The maximum Gasteiger partial charge on any atom is 0.255 e. The molecule has 2 aromatic heterocycles. The Hall–Kier alpha value is -3.84. The van der Waals surface area contributed by atoms with Crippen LogP contribution in [0, 0.1) is 11.8 Å². The van der Waals surface area contributed by atoms with Crippen LogP contribution in [0.5, 0.6) is 0 Å². The zero-order valence-corrected chi connectivity index (χ0v) is 18.3. The number of benzene rings is 2. The number of halogens is 1. The van der Waals surface area contributed by atoms with Gasteiger partial charge < -0.3 is 9.88 Å². The van der Waals surface area contributed by atoms with E-state index in [2.05, 4.69) is 30.3 Å². The number of rotatable bonds is 3. The van der Waals surface area contributed by atoms with Crippen molar-refractivity contribution in [3.05, 3.63) is 96.1 Å². The van der Waals surface area contributed by atoms with Crippen molar-refractivity contribution in [2.75, 3.05) is 5.32 Å².